The molecule has 0 aliphatic carbocycles. The Labute approximate surface area is 109 Å². The van der Waals surface area contributed by atoms with Gasteiger partial charge in [0.05, 0.1) is 0 Å². The van der Waals surface area contributed by atoms with Gasteiger partial charge >= 0.3 is 0 Å². The molecule has 1 N–H and O–H groups in total. The highest BCUT2D eigenvalue weighted by molar-refractivity contribution is 5.31. The molecule has 0 aromatic carbocycles. The van der Waals surface area contributed by atoms with Crippen molar-refractivity contribution in [2.45, 2.75) is 32.2 Å². The zero-order valence-corrected chi connectivity index (χ0v) is 11.4. The van der Waals surface area contributed by atoms with E-state index in [1.165, 1.54) is 25.8 Å². The Bertz CT molecular complexity index is 397. The second-order valence-corrected chi connectivity index (χ2v) is 4.87. The maximum Gasteiger partial charge on any atom is 0.225 e. The molecule has 1 aliphatic rings. The van der Waals surface area contributed by atoms with E-state index >= 15 is 0 Å². The molecule has 0 saturated carbocycles. The fraction of sp³-hybridized carbons (Fsp3) is 0.692. The van der Waals surface area contributed by atoms with Crippen LogP contribution in [0.25, 0.3) is 0 Å². The van der Waals surface area contributed by atoms with Gasteiger partial charge in [-0.1, -0.05) is 6.42 Å². The highest BCUT2D eigenvalue weighted by Gasteiger charge is 2.19. The quantitative estimate of drug-likeness (QED) is 0.881. The van der Waals surface area contributed by atoms with Crippen LogP contribution in [0.5, 0.6) is 5.88 Å². The smallest absolute Gasteiger partial charge is 0.225 e. The van der Waals surface area contributed by atoms with Gasteiger partial charge < -0.3 is 15.0 Å². The highest BCUT2D eigenvalue weighted by atomic mass is 16.5. The molecular formula is C13H22N4O. The van der Waals surface area contributed by atoms with Gasteiger partial charge in [0.1, 0.15) is 6.61 Å². The van der Waals surface area contributed by atoms with Crippen LogP contribution in [0.1, 0.15) is 24.8 Å². The number of likely N-dealkylation sites (tertiary alicyclic amines) is 1. The molecule has 0 bridgehead atoms. The van der Waals surface area contributed by atoms with Crippen LogP contribution in [-0.4, -0.2) is 48.2 Å². The predicted octanol–water partition coefficient (Wildman–Crippen LogP) is 1.69. The van der Waals surface area contributed by atoms with Crippen LogP contribution in [0.3, 0.4) is 0 Å². The molecule has 100 valence electrons. The largest absolute Gasteiger partial charge is 0.476 e. The lowest BCUT2D eigenvalue weighted by atomic mass is 10.0. The standard InChI is InChI=1S/C13H22N4O/c1-10-8-15-13(14-2)16-12(10)18-9-11-6-4-5-7-17(11)3/h8,11H,4-7,9H2,1-3H3,(H,14,15,16). The van der Waals surface area contributed by atoms with Crippen LogP contribution < -0.4 is 10.1 Å². The Morgan fingerprint density at radius 3 is 3.06 bits per heavy atom. The van der Waals surface area contributed by atoms with Gasteiger partial charge in [0, 0.05) is 24.8 Å². The van der Waals surface area contributed by atoms with Crippen molar-refractivity contribution in [1.82, 2.24) is 14.9 Å². The van der Waals surface area contributed by atoms with E-state index in [2.05, 4.69) is 27.2 Å². The second kappa shape index (κ2) is 6.00. The summed E-state index contributed by atoms with van der Waals surface area (Å²) in [5.41, 5.74) is 0.979. The highest BCUT2D eigenvalue weighted by Crippen LogP contribution is 2.19. The van der Waals surface area contributed by atoms with Crippen LogP contribution in [-0.2, 0) is 0 Å². The summed E-state index contributed by atoms with van der Waals surface area (Å²) in [6.07, 6.45) is 5.59. The first-order valence-electron chi connectivity index (χ1n) is 6.55. The topological polar surface area (TPSA) is 50.3 Å². The summed E-state index contributed by atoms with van der Waals surface area (Å²) in [4.78, 5) is 10.9. The average molecular weight is 250 g/mol. The molecule has 1 fully saturated rings. The number of piperidine rings is 1. The Morgan fingerprint density at radius 2 is 2.33 bits per heavy atom. The second-order valence-electron chi connectivity index (χ2n) is 4.87. The SMILES string of the molecule is CNc1ncc(C)c(OCC2CCCCN2C)n1. The molecule has 0 amide bonds. The minimum atomic E-state index is 0.506. The summed E-state index contributed by atoms with van der Waals surface area (Å²) in [7, 11) is 3.97. The molecule has 1 aliphatic heterocycles. The monoisotopic (exact) mass is 250 g/mol. The fourth-order valence-electron chi connectivity index (χ4n) is 2.22. The average Bonchev–Trinajstić information content (AvgIpc) is 2.39. The third kappa shape index (κ3) is 3.10. The zero-order valence-electron chi connectivity index (χ0n) is 11.4. The first-order valence-corrected chi connectivity index (χ1v) is 6.55. The molecule has 1 atom stereocenters. The minimum Gasteiger partial charge on any atom is -0.476 e. The number of nitrogens with one attached hydrogen (secondary N) is 1. The lowest BCUT2D eigenvalue weighted by molar-refractivity contribution is 0.122. The van der Waals surface area contributed by atoms with E-state index in [9.17, 15) is 0 Å². The Hall–Kier alpha value is -1.36. The van der Waals surface area contributed by atoms with Crippen molar-refractivity contribution in [3.05, 3.63) is 11.8 Å². The van der Waals surface area contributed by atoms with Crippen molar-refractivity contribution in [2.24, 2.45) is 0 Å². The third-order valence-corrected chi connectivity index (χ3v) is 3.48. The number of anilines is 1. The fourth-order valence-corrected chi connectivity index (χ4v) is 2.22. The maximum absolute atomic E-state index is 5.86. The molecule has 1 saturated heterocycles. The van der Waals surface area contributed by atoms with Crippen molar-refractivity contribution >= 4 is 5.95 Å². The molecule has 0 radical (unpaired) electrons. The Kier molecular flexibility index (Phi) is 4.36. The van der Waals surface area contributed by atoms with Gasteiger partial charge in [-0.05, 0) is 33.4 Å². The lowest BCUT2D eigenvalue weighted by Gasteiger charge is -2.32. The van der Waals surface area contributed by atoms with Crippen LogP contribution in [0.4, 0.5) is 5.95 Å². The van der Waals surface area contributed by atoms with Gasteiger partial charge in [-0.25, -0.2) is 4.98 Å². The third-order valence-electron chi connectivity index (χ3n) is 3.48. The van der Waals surface area contributed by atoms with Crippen molar-refractivity contribution in [2.75, 3.05) is 32.6 Å². The molecule has 2 heterocycles. The first-order chi connectivity index (χ1) is 8.70. The summed E-state index contributed by atoms with van der Waals surface area (Å²) >= 11 is 0. The summed E-state index contributed by atoms with van der Waals surface area (Å²) in [6.45, 7) is 3.84. The molecule has 5 nitrogen and oxygen atoms in total. The van der Waals surface area contributed by atoms with Crippen molar-refractivity contribution in [3.63, 3.8) is 0 Å². The van der Waals surface area contributed by atoms with E-state index in [4.69, 9.17) is 4.74 Å². The van der Waals surface area contributed by atoms with Crippen LogP contribution in [0.15, 0.2) is 6.20 Å². The summed E-state index contributed by atoms with van der Waals surface area (Å²) in [6, 6.07) is 0.506. The molecule has 1 unspecified atom stereocenters. The van der Waals surface area contributed by atoms with Gasteiger partial charge in [-0.15, -0.1) is 0 Å². The number of rotatable bonds is 4. The van der Waals surface area contributed by atoms with E-state index in [-0.39, 0.29) is 0 Å². The minimum absolute atomic E-state index is 0.506. The summed E-state index contributed by atoms with van der Waals surface area (Å²) < 4.78 is 5.86. The normalized spacial score (nSPS) is 20.7. The Morgan fingerprint density at radius 1 is 1.50 bits per heavy atom. The number of hydrogen-bond donors (Lipinski definition) is 1. The van der Waals surface area contributed by atoms with Crippen molar-refractivity contribution in [1.29, 1.82) is 0 Å². The van der Waals surface area contributed by atoms with Gasteiger partial charge in [0.25, 0.3) is 0 Å². The maximum atomic E-state index is 5.86. The summed E-state index contributed by atoms with van der Waals surface area (Å²) in [5, 5.41) is 2.93. The first kappa shape index (κ1) is 13.1. The van der Waals surface area contributed by atoms with Crippen LogP contribution >= 0.6 is 0 Å². The van der Waals surface area contributed by atoms with E-state index < -0.39 is 0 Å². The number of nitrogens with zero attached hydrogens (tertiary/aromatic N) is 3. The molecule has 5 heteroatoms. The number of hydrogen-bond acceptors (Lipinski definition) is 5. The van der Waals surface area contributed by atoms with Crippen LogP contribution in [0.2, 0.25) is 0 Å². The van der Waals surface area contributed by atoms with Gasteiger partial charge in [-0.3, -0.25) is 0 Å². The van der Waals surface area contributed by atoms with E-state index in [1.54, 1.807) is 6.20 Å². The zero-order chi connectivity index (χ0) is 13.0. The van der Waals surface area contributed by atoms with Gasteiger partial charge in [0.15, 0.2) is 0 Å². The Balaban J connectivity index is 1.96. The number of aromatic nitrogens is 2. The van der Waals surface area contributed by atoms with E-state index in [0.29, 0.717) is 24.5 Å². The predicted molar refractivity (Wildman–Crippen MR) is 72.1 cm³/mol. The molecule has 2 rings (SSSR count). The van der Waals surface area contributed by atoms with Crippen molar-refractivity contribution < 1.29 is 4.74 Å². The van der Waals surface area contributed by atoms with Gasteiger partial charge in [-0.2, -0.15) is 4.98 Å². The molecule has 1 aromatic heterocycles. The molecule has 18 heavy (non-hydrogen) atoms. The lowest BCUT2D eigenvalue weighted by Crippen LogP contribution is -2.40. The van der Waals surface area contributed by atoms with Gasteiger partial charge in [0.2, 0.25) is 11.8 Å². The van der Waals surface area contributed by atoms with Crippen LogP contribution in [0, 0.1) is 6.92 Å². The van der Waals surface area contributed by atoms with Crippen molar-refractivity contribution in [3.8, 4) is 5.88 Å². The molecular weight excluding hydrogens is 228 g/mol. The molecule has 0 spiro atoms. The molecule has 1 aromatic rings. The number of aryl methyl sites for hydroxylation is 1. The van der Waals surface area contributed by atoms with E-state index in [0.717, 1.165) is 5.56 Å². The number of ether oxygens (including phenoxy) is 1. The number of likely N-dealkylation sites (N-methyl/N-ethyl adjacent to an activating group) is 1. The summed E-state index contributed by atoms with van der Waals surface area (Å²) in [5.74, 6) is 1.29. The van der Waals surface area contributed by atoms with E-state index in [1.807, 2.05) is 14.0 Å².